The van der Waals surface area contributed by atoms with Crippen LogP contribution in [0.4, 0.5) is 10.1 Å². The van der Waals surface area contributed by atoms with E-state index in [2.05, 4.69) is 21.2 Å². The number of hydrogen-bond acceptors (Lipinski definition) is 4. The Balaban J connectivity index is 2.18. The molecule has 0 aliphatic carbocycles. The molecule has 3 N–H and O–H groups in total. The largest absolute Gasteiger partial charge is 0.495 e. The Morgan fingerprint density at radius 3 is 2.58 bits per heavy atom. The maximum Gasteiger partial charge on any atom is 0.241 e. The first-order valence-electron chi connectivity index (χ1n) is 6.65. The van der Waals surface area contributed by atoms with E-state index in [0.29, 0.717) is 5.56 Å². The summed E-state index contributed by atoms with van der Waals surface area (Å²) >= 11 is 3.05. The van der Waals surface area contributed by atoms with Crippen molar-refractivity contribution in [2.45, 2.75) is 11.3 Å². The number of ether oxygens (including phenoxy) is 1. The molecule has 128 valence electrons. The Hall–Kier alpha value is -1.97. The Morgan fingerprint density at radius 2 is 2.00 bits per heavy atom. The summed E-state index contributed by atoms with van der Waals surface area (Å²) in [5, 5.41) is 7.69. The van der Waals surface area contributed by atoms with Crippen molar-refractivity contribution in [2.24, 2.45) is 5.14 Å². The molecule has 0 bridgehead atoms. The van der Waals surface area contributed by atoms with Gasteiger partial charge in [-0.3, -0.25) is 4.79 Å². The molecule has 2 aromatic rings. The summed E-state index contributed by atoms with van der Waals surface area (Å²) in [6.07, 6.45) is -0.00435. The topological polar surface area (TPSA) is 98.5 Å². The zero-order chi connectivity index (χ0) is 17.9. The number of hydrogen-bond donors (Lipinski definition) is 2. The van der Waals surface area contributed by atoms with Crippen LogP contribution in [0.3, 0.4) is 0 Å². The number of nitrogens with one attached hydrogen (secondary N) is 1. The van der Waals surface area contributed by atoms with E-state index in [-0.39, 0.29) is 33.1 Å². The number of methoxy groups -OCH3 is 1. The van der Waals surface area contributed by atoms with Gasteiger partial charge in [0.15, 0.2) is 0 Å². The molecule has 0 atom stereocenters. The smallest absolute Gasteiger partial charge is 0.241 e. The molecule has 1 amide bonds. The molecule has 0 aliphatic heterocycles. The number of amides is 1. The van der Waals surface area contributed by atoms with Crippen molar-refractivity contribution in [3.63, 3.8) is 0 Å². The number of carbonyl (C=O) groups excluding carboxylic acids is 1. The Labute approximate surface area is 147 Å². The fourth-order valence-electron chi connectivity index (χ4n) is 2.02. The van der Waals surface area contributed by atoms with Crippen molar-refractivity contribution >= 4 is 37.5 Å². The van der Waals surface area contributed by atoms with Gasteiger partial charge in [-0.2, -0.15) is 0 Å². The predicted octanol–water partition coefficient (Wildman–Crippen LogP) is 2.43. The molecule has 0 heterocycles. The van der Waals surface area contributed by atoms with E-state index in [1.54, 1.807) is 0 Å². The fourth-order valence-corrected chi connectivity index (χ4v) is 3.17. The molecule has 24 heavy (non-hydrogen) atoms. The molecule has 0 unspecified atom stereocenters. The van der Waals surface area contributed by atoms with Crippen molar-refractivity contribution < 1.29 is 22.3 Å². The maximum absolute atomic E-state index is 13.2. The van der Waals surface area contributed by atoms with Crippen molar-refractivity contribution in [3.05, 3.63) is 52.3 Å². The highest BCUT2D eigenvalue weighted by Gasteiger charge is 2.16. The lowest BCUT2D eigenvalue weighted by atomic mass is 10.1. The summed E-state index contributed by atoms with van der Waals surface area (Å²) in [7, 11) is -2.68. The number of sulfonamides is 1. The molecule has 0 radical (unpaired) electrons. The number of carbonyl (C=O) groups is 1. The van der Waals surface area contributed by atoms with Gasteiger partial charge in [-0.1, -0.05) is 6.07 Å². The summed E-state index contributed by atoms with van der Waals surface area (Å²) in [6.45, 7) is 0. The van der Waals surface area contributed by atoms with Crippen LogP contribution in [0.15, 0.2) is 45.8 Å². The summed E-state index contributed by atoms with van der Waals surface area (Å²) < 4.78 is 41.5. The lowest BCUT2D eigenvalue weighted by Crippen LogP contribution is -2.17. The number of benzene rings is 2. The second-order valence-electron chi connectivity index (χ2n) is 4.88. The highest BCUT2D eigenvalue weighted by atomic mass is 79.9. The standard InChI is InChI=1S/C15H14BrFN2O4S/c1-23-13-5-3-10(8-14(13)24(18,21)22)19-15(20)7-9-2-4-12(17)11(16)6-9/h2-6,8H,7H2,1H3,(H,19,20)(H2,18,21,22). The van der Waals surface area contributed by atoms with E-state index in [4.69, 9.17) is 9.88 Å². The van der Waals surface area contributed by atoms with Gasteiger partial charge in [-0.05, 0) is 51.8 Å². The average molecular weight is 417 g/mol. The van der Waals surface area contributed by atoms with Crippen LogP contribution in [-0.4, -0.2) is 21.4 Å². The summed E-state index contributed by atoms with van der Waals surface area (Å²) in [4.78, 5) is 11.8. The van der Waals surface area contributed by atoms with Gasteiger partial charge in [-0.25, -0.2) is 17.9 Å². The minimum atomic E-state index is -4.00. The van der Waals surface area contributed by atoms with Crippen LogP contribution in [0.25, 0.3) is 0 Å². The molecule has 0 saturated heterocycles. The third kappa shape index (κ3) is 4.53. The van der Waals surface area contributed by atoms with E-state index >= 15 is 0 Å². The Bertz CT molecular complexity index is 887. The number of halogens is 2. The molecule has 2 aromatic carbocycles. The first-order chi connectivity index (χ1) is 11.2. The van der Waals surface area contributed by atoms with Crippen molar-refractivity contribution in [1.29, 1.82) is 0 Å². The summed E-state index contributed by atoms with van der Waals surface area (Å²) in [6, 6.07) is 8.34. The molecular weight excluding hydrogens is 403 g/mol. The van der Waals surface area contributed by atoms with Crippen LogP contribution in [-0.2, 0) is 21.2 Å². The van der Waals surface area contributed by atoms with Gasteiger partial charge in [0.25, 0.3) is 0 Å². The first-order valence-corrected chi connectivity index (χ1v) is 8.99. The molecule has 6 nitrogen and oxygen atoms in total. The Kier molecular flexibility index (Phi) is 5.58. The van der Waals surface area contributed by atoms with E-state index in [9.17, 15) is 17.6 Å². The molecule has 2 rings (SSSR count). The second-order valence-corrected chi connectivity index (χ2v) is 7.27. The van der Waals surface area contributed by atoms with Crippen LogP contribution in [0.2, 0.25) is 0 Å². The summed E-state index contributed by atoms with van der Waals surface area (Å²) in [5.74, 6) is -0.732. The molecule has 0 saturated carbocycles. The minimum absolute atomic E-state index is 0.00435. The normalized spacial score (nSPS) is 11.2. The van der Waals surface area contributed by atoms with Gasteiger partial charge < -0.3 is 10.1 Å². The van der Waals surface area contributed by atoms with Crippen molar-refractivity contribution in [1.82, 2.24) is 0 Å². The van der Waals surface area contributed by atoms with Crippen molar-refractivity contribution in [3.8, 4) is 5.75 Å². The van der Waals surface area contributed by atoms with Crippen LogP contribution in [0.5, 0.6) is 5.75 Å². The molecule has 0 aromatic heterocycles. The zero-order valence-corrected chi connectivity index (χ0v) is 14.9. The zero-order valence-electron chi connectivity index (χ0n) is 12.5. The third-order valence-electron chi connectivity index (χ3n) is 3.10. The van der Waals surface area contributed by atoms with Crippen molar-refractivity contribution in [2.75, 3.05) is 12.4 Å². The van der Waals surface area contributed by atoms with E-state index in [1.165, 1.54) is 43.5 Å². The van der Waals surface area contributed by atoms with E-state index < -0.39 is 15.8 Å². The molecule has 0 aliphatic rings. The lowest BCUT2D eigenvalue weighted by molar-refractivity contribution is -0.115. The fraction of sp³-hybridized carbons (Fsp3) is 0.133. The van der Waals surface area contributed by atoms with Gasteiger partial charge in [0, 0.05) is 5.69 Å². The van der Waals surface area contributed by atoms with Crippen LogP contribution < -0.4 is 15.2 Å². The first kappa shape index (κ1) is 18.4. The molecule has 0 spiro atoms. The van der Waals surface area contributed by atoms with Gasteiger partial charge in [0.2, 0.25) is 15.9 Å². The average Bonchev–Trinajstić information content (AvgIpc) is 2.50. The lowest BCUT2D eigenvalue weighted by Gasteiger charge is -2.10. The maximum atomic E-state index is 13.2. The minimum Gasteiger partial charge on any atom is -0.495 e. The van der Waals surface area contributed by atoms with Crippen LogP contribution in [0.1, 0.15) is 5.56 Å². The van der Waals surface area contributed by atoms with Crippen LogP contribution in [0, 0.1) is 5.82 Å². The highest BCUT2D eigenvalue weighted by Crippen LogP contribution is 2.26. The highest BCUT2D eigenvalue weighted by molar-refractivity contribution is 9.10. The number of primary sulfonamides is 1. The molecule has 9 heteroatoms. The monoisotopic (exact) mass is 416 g/mol. The molecule has 0 fully saturated rings. The van der Waals surface area contributed by atoms with E-state index in [0.717, 1.165) is 0 Å². The summed E-state index contributed by atoms with van der Waals surface area (Å²) in [5.41, 5.74) is 0.854. The SMILES string of the molecule is COc1ccc(NC(=O)Cc2ccc(F)c(Br)c2)cc1S(N)(=O)=O. The number of anilines is 1. The van der Waals surface area contributed by atoms with Gasteiger partial charge >= 0.3 is 0 Å². The predicted molar refractivity (Wildman–Crippen MR) is 90.8 cm³/mol. The third-order valence-corrected chi connectivity index (χ3v) is 4.64. The van der Waals surface area contributed by atoms with Crippen LogP contribution >= 0.6 is 15.9 Å². The number of nitrogens with two attached hydrogens (primary N) is 1. The molecular formula is C15H14BrFN2O4S. The van der Waals surface area contributed by atoms with Gasteiger partial charge in [-0.15, -0.1) is 0 Å². The van der Waals surface area contributed by atoms with Gasteiger partial charge in [0.1, 0.15) is 16.5 Å². The number of rotatable bonds is 5. The quantitative estimate of drug-likeness (QED) is 0.781. The van der Waals surface area contributed by atoms with Gasteiger partial charge in [0.05, 0.1) is 18.0 Å². The second kappa shape index (κ2) is 7.29. The Morgan fingerprint density at radius 1 is 1.29 bits per heavy atom. The van der Waals surface area contributed by atoms with E-state index in [1.807, 2.05) is 0 Å².